The van der Waals surface area contributed by atoms with Gasteiger partial charge < -0.3 is 5.73 Å². The second kappa shape index (κ2) is 6.80. The van der Waals surface area contributed by atoms with Crippen LogP contribution in [0.3, 0.4) is 0 Å². The molecule has 1 rings (SSSR count). The Labute approximate surface area is 99.6 Å². The molecule has 1 saturated carbocycles. The largest absolute Gasteiger partial charge is 0.327 e. The molecule has 0 aromatic rings. The molecule has 0 aliphatic heterocycles. The van der Waals surface area contributed by atoms with Gasteiger partial charge in [0.1, 0.15) is 0 Å². The Kier molecular flexibility index (Phi) is 6.06. The molecule has 0 aromatic heterocycles. The first-order valence-electron chi connectivity index (χ1n) is 6.50. The van der Waals surface area contributed by atoms with E-state index in [1.54, 1.807) is 0 Å². The lowest BCUT2D eigenvalue weighted by atomic mass is 9.84. The third kappa shape index (κ3) is 4.78. The molecule has 1 nitrogen and oxygen atoms in total. The van der Waals surface area contributed by atoms with Crippen molar-refractivity contribution < 1.29 is 0 Å². The summed E-state index contributed by atoms with van der Waals surface area (Å²) < 4.78 is 0. The fourth-order valence-corrected chi connectivity index (χ4v) is 3.95. The van der Waals surface area contributed by atoms with E-state index in [1.165, 1.54) is 37.9 Å². The van der Waals surface area contributed by atoms with Crippen LogP contribution in [0.15, 0.2) is 0 Å². The van der Waals surface area contributed by atoms with Crippen molar-refractivity contribution >= 4 is 11.8 Å². The highest BCUT2D eigenvalue weighted by atomic mass is 32.2. The van der Waals surface area contributed by atoms with Gasteiger partial charge >= 0.3 is 0 Å². The van der Waals surface area contributed by atoms with Crippen LogP contribution in [0.1, 0.15) is 52.9 Å². The van der Waals surface area contributed by atoms with Gasteiger partial charge in [0.15, 0.2) is 0 Å². The second-order valence-corrected chi connectivity index (χ2v) is 6.69. The monoisotopic (exact) mass is 229 g/mol. The second-order valence-electron chi connectivity index (χ2n) is 5.34. The Morgan fingerprint density at radius 2 is 2.07 bits per heavy atom. The number of rotatable bonds is 5. The SMILES string of the molecule is CCC1CCC(N)C(SCCC(C)C)C1. The fourth-order valence-electron chi connectivity index (χ4n) is 2.25. The van der Waals surface area contributed by atoms with Gasteiger partial charge in [0, 0.05) is 11.3 Å². The molecule has 0 bridgehead atoms. The summed E-state index contributed by atoms with van der Waals surface area (Å²) in [6, 6.07) is 0.463. The first-order chi connectivity index (χ1) is 7.13. The van der Waals surface area contributed by atoms with E-state index in [9.17, 15) is 0 Å². The van der Waals surface area contributed by atoms with Crippen molar-refractivity contribution in [2.24, 2.45) is 17.6 Å². The van der Waals surface area contributed by atoms with Crippen LogP contribution in [-0.4, -0.2) is 17.0 Å². The van der Waals surface area contributed by atoms with Crippen LogP contribution in [0, 0.1) is 11.8 Å². The highest BCUT2D eigenvalue weighted by Gasteiger charge is 2.27. The maximum absolute atomic E-state index is 6.19. The van der Waals surface area contributed by atoms with E-state index in [1.807, 2.05) is 0 Å². The zero-order valence-corrected chi connectivity index (χ0v) is 11.4. The highest BCUT2D eigenvalue weighted by Crippen LogP contribution is 2.33. The van der Waals surface area contributed by atoms with E-state index >= 15 is 0 Å². The van der Waals surface area contributed by atoms with Crippen LogP contribution >= 0.6 is 11.8 Å². The molecule has 90 valence electrons. The fraction of sp³-hybridized carbons (Fsp3) is 1.00. The van der Waals surface area contributed by atoms with Crippen molar-refractivity contribution in [2.45, 2.75) is 64.2 Å². The van der Waals surface area contributed by atoms with Crippen LogP contribution in [-0.2, 0) is 0 Å². The molecule has 3 atom stereocenters. The zero-order chi connectivity index (χ0) is 11.3. The molecular formula is C13H27NS. The zero-order valence-electron chi connectivity index (χ0n) is 10.5. The average Bonchev–Trinajstić information content (AvgIpc) is 2.20. The number of thioether (sulfide) groups is 1. The molecule has 1 aliphatic carbocycles. The molecule has 2 heteroatoms. The minimum absolute atomic E-state index is 0.463. The standard InChI is InChI=1S/C13H27NS/c1-4-11-5-6-12(14)13(9-11)15-8-7-10(2)3/h10-13H,4-9,14H2,1-3H3. The highest BCUT2D eigenvalue weighted by molar-refractivity contribution is 7.99. The number of nitrogens with two attached hydrogens (primary N) is 1. The maximum Gasteiger partial charge on any atom is 0.0201 e. The van der Waals surface area contributed by atoms with Crippen molar-refractivity contribution in [1.82, 2.24) is 0 Å². The van der Waals surface area contributed by atoms with E-state index < -0.39 is 0 Å². The van der Waals surface area contributed by atoms with Crippen LogP contribution < -0.4 is 5.73 Å². The van der Waals surface area contributed by atoms with E-state index in [0.29, 0.717) is 6.04 Å². The number of hydrogen-bond donors (Lipinski definition) is 1. The topological polar surface area (TPSA) is 26.0 Å². The molecule has 0 saturated heterocycles. The summed E-state index contributed by atoms with van der Waals surface area (Å²) in [7, 11) is 0. The molecule has 1 aliphatic rings. The van der Waals surface area contributed by atoms with Crippen LogP contribution in [0.4, 0.5) is 0 Å². The Morgan fingerprint density at radius 3 is 2.67 bits per heavy atom. The lowest BCUT2D eigenvalue weighted by Crippen LogP contribution is -2.38. The van der Waals surface area contributed by atoms with Gasteiger partial charge in [-0.25, -0.2) is 0 Å². The Morgan fingerprint density at radius 1 is 1.33 bits per heavy atom. The summed E-state index contributed by atoms with van der Waals surface area (Å²) in [5, 5.41) is 0.738. The summed E-state index contributed by atoms with van der Waals surface area (Å²) in [4.78, 5) is 0. The molecule has 0 spiro atoms. The minimum Gasteiger partial charge on any atom is -0.327 e. The van der Waals surface area contributed by atoms with Gasteiger partial charge in [-0.3, -0.25) is 0 Å². The quantitative estimate of drug-likeness (QED) is 0.778. The Balaban J connectivity index is 2.25. The molecular weight excluding hydrogens is 202 g/mol. The van der Waals surface area contributed by atoms with E-state index in [0.717, 1.165) is 17.1 Å². The van der Waals surface area contributed by atoms with Gasteiger partial charge in [-0.2, -0.15) is 11.8 Å². The third-order valence-electron chi connectivity index (χ3n) is 3.56. The summed E-state index contributed by atoms with van der Waals surface area (Å²) in [6.45, 7) is 6.92. The molecule has 3 unspecified atom stereocenters. The van der Waals surface area contributed by atoms with Crippen LogP contribution in [0.25, 0.3) is 0 Å². The third-order valence-corrected chi connectivity index (χ3v) is 5.00. The van der Waals surface area contributed by atoms with Gasteiger partial charge in [-0.05, 0) is 43.3 Å². The first-order valence-corrected chi connectivity index (χ1v) is 7.55. The van der Waals surface area contributed by atoms with Crippen molar-refractivity contribution in [1.29, 1.82) is 0 Å². The molecule has 0 heterocycles. The van der Waals surface area contributed by atoms with Gasteiger partial charge in [0.05, 0.1) is 0 Å². The Bertz CT molecular complexity index is 170. The van der Waals surface area contributed by atoms with E-state index in [-0.39, 0.29) is 0 Å². The lowest BCUT2D eigenvalue weighted by molar-refractivity contribution is 0.327. The minimum atomic E-state index is 0.463. The molecule has 15 heavy (non-hydrogen) atoms. The Hall–Kier alpha value is 0.310. The normalized spacial score (nSPS) is 32.2. The molecule has 0 radical (unpaired) electrons. The van der Waals surface area contributed by atoms with Crippen molar-refractivity contribution in [2.75, 3.05) is 5.75 Å². The molecule has 0 amide bonds. The van der Waals surface area contributed by atoms with Crippen LogP contribution in [0.5, 0.6) is 0 Å². The smallest absolute Gasteiger partial charge is 0.0201 e. The molecule has 1 fully saturated rings. The molecule has 0 aromatic carbocycles. The van der Waals surface area contributed by atoms with Crippen molar-refractivity contribution in [3.05, 3.63) is 0 Å². The van der Waals surface area contributed by atoms with Crippen LogP contribution in [0.2, 0.25) is 0 Å². The summed E-state index contributed by atoms with van der Waals surface area (Å²) in [5.41, 5.74) is 6.19. The predicted octanol–water partition coefficient (Wildman–Crippen LogP) is 3.67. The molecule has 2 N–H and O–H groups in total. The van der Waals surface area contributed by atoms with Crippen molar-refractivity contribution in [3.8, 4) is 0 Å². The summed E-state index contributed by atoms with van der Waals surface area (Å²) in [5.74, 6) is 3.08. The maximum atomic E-state index is 6.19. The lowest BCUT2D eigenvalue weighted by Gasteiger charge is -2.33. The summed E-state index contributed by atoms with van der Waals surface area (Å²) >= 11 is 2.13. The van der Waals surface area contributed by atoms with Gasteiger partial charge in [0.25, 0.3) is 0 Å². The predicted molar refractivity (Wildman–Crippen MR) is 71.3 cm³/mol. The van der Waals surface area contributed by atoms with Gasteiger partial charge in [-0.15, -0.1) is 0 Å². The number of hydrogen-bond acceptors (Lipinski definition) is 2. The average molecular weight is 229 g/mol. The first kappa shape index (κ1) is 13.4. The van der Waals surface area contributed by atoms with Crippen molar-refractivity contribution in [3.63, 3.8) is 0 Å². The van der Waals surface area contributed by atoms with E-state index in [2.05, 4.69) is 32.5 Å². The van der Waals surface area contributed by atoms with E-state index in [4.69, 9.17) is 5.73 Å². The summed E-state index contributed by atoms with van der Waals surface area (Å²) in [6.07, 6.45) is 6.65. The van der Waals surface area contributed by atoms with Gasteiger partial charge in [-0.1, -0.05) is 27.2 Å². The van der Waals surface area contributed by atoms with Gasteiger partial charge in [0.2, 0.25) is 0 Å².